The average molecular weight is 191 g/mol. The Morgan fingerprint density at radius 1 is 1.50 bits per heavy atom. The molecule has 0 aliphatic carbocycles. The van der Waals surface area contributed by atoms with Crippen molar-refractivity contribution in [1.29, 1.82) is 0 Å². The van der Waals surface area contributed by atoms with E-state index in [1.807, 2.05) is 19.1 Å². The van der Waals surface area contributed by atoms with Crippen LogP contribution in [0.3, 0.4) is 0 Å². The fourth-order valence-corrected chi connectivity index (χ4v) is 1.76. The summed E-state index contributed by atoms with van der Waals surface area (Å²) in [6.45, 7) is 1.86. The van der Waals surface area contributed by atoms with Crippen molar-refractivity contribution < 1.29 is 9.90 Å². The van der Waals surface area contributed by atoms with Gasteiger partial charge in [0.15, 0.2) is 0 Å². The third-order valence-corrected chi connectivity index (χ3v) is 2.62. The number of carbonyl (C=O) groups is 1. The fourth-order valence-electron chi connectivity index (χ4n) is 1.76. The Hall–Kier alpha value is -1.51. The van der Waals surface area contributed by atoms with Crippen molar-refractivity contribution in [2.45, 2.75) is 25.8 Å². The molecule has 1 saturated heterocycles. The monoisotopic (exact) mass is 191 g/mol. The average Bonchev–Trinajstić information content (AvgIpc) is 2.57. The van der Waals surface area contributed by atoms with Gasteiger partial charge in [-0.3, -0.25) is 4.79 Å². The first-order valence-electron chi connectivity index (χ1n) is 4.75. The van der Waals surface area contributed by atoms with E-state index >= 15 is 0 Å². The van der Waals surface area contributed by atoms with Crippen LogP contribution in [0.1, 0.15) is 30.0 Å². The molecule has 0 bridgehead atoms. The zero-order valence-corrected chi connectivity index (χ0v) is 8.08. The fraction of sp³-hybridized carbons (Fsp3) is 0.364. The van der Waals surface area contributed by atoms with E-state index in [9.17, 15) is 9.90 Å². The zero-order chi connectivity index (χ0) is 10.1. The lowest BCUT2D eigenvalue weighted by molar-refractivity contribution is -0.119. The number of nitrogens with one attached hydrogen (secondary N) is 1. The van der Waals surface area contributed by atoms with Crippen LogP contribution in [0.2, 0.25) is 0 Å². The Labute approximate surface area is 82.8 Å². The van der Waals surface area contributed by atoms with Gasteiger partial charge in [-0.25, -0.2) is 0 Å². The van der Waals surface area contributed by atoms with Gasteiger partial charge in [0.2, 0.25) is 5.91 Å². The quantitative estimate of drug-likeness (QED) is 0.709. The molecule has 1 aliphatic rings. The van der Waals surface area contributed by atoms with Gasteiger partial charge in [-0.2, -0.15) is 0 Å². The Morgan fingerprint density at radius 3 is 2.86 bits per heavy atom. The third-order valence-electron chi connectivity index (χ3n) is 2.62. The number of hydrogen-bond acceptors (Lipinski definition) is 2. The number of amides is 1. The van der Waals surface area contributed by atoms with Crippen molar-refractivity contribution in [3.05, 3.63) is 29.3 Å². The molecule has 1 unspecified atom stereocenters. The molecule has 1 amide bonds. The maximum absolute atomic E-state index is 11.0. The van der Waals surface area contributed by atoms with E-state index in [4.69, 9.17) is 0 Å². The summed E-state index contributed by atoms with van der Waals surface area (Å²) in [4.78, 5) is 11.0. The van der Waals surface area contributed by atoms with E-state index in [0.717, 1.165) is 17.5 Å². The van der Waals surface area contributed by atoms with Crippen LogP contribution in [0, 0.1) is 6.92 Å². The van der Waals surface area contributed by atoms with Crippen molar-refractivity contribution in [2.75, 3.05) is 0 Å². The summed E-state index contributed by atoms with van der Waals surface area (Å²) in [6.07, 6.45) is 1.45. The van der Waals surface area contributed by atoms with Crippen LogP contribution in [0.4, 0.5) is 0 Å². The lowest BCUT2D eigenvalue weighted by Crippen LogP contribution is -2.18. The van der Waals surface area contributed by atoms with Crippen molar-refractivity contribution >= 4 is 5.91 Å². The molecule has 1 aliphatic heterocycles. The van der Waals surface area contributed by atoms with E-state index in [-0.39, 0.29) is 11.9 Å². The van der Waals surface area contributed by atoms with E-state index in [0.29, 0.717) is 12.2 Å². The molecule has 1 heterocycles. The van der Waals surface area contributed by atoms with Crippen molar-refractivity contribution in [3.8, 4) is 5.75 Å². The van der Waals surface area contributed by atoms with Gasteiger partial charge >= 0.3 is 0 Å². The van der Waals surface area contributed by atoms with Gasteiger partial charge in [0.1, 0.15) is 5.75 Å². The molecule has 1 atom stereocenters. The van der Waals surface area contributed by atoms with Crippen LogP contribution < -0.4 is 5.32 Å². The van der Waals surface area contributed by atoms with Crippen LogP contribution in [0.5, 0.6) is 5.75 Å². The summed E-state index contributed by atoms with van der Waals surface area (Å²) in [5.74, 6) is 0.416. The van der Waals surface area contributed by atoms with Gasteiger partial charge < -0.3 is 10.4 Å². The lowest BCUT2D eigenvalue weighted by atomic mass is 10.0. The minimum atomic E-state index is 0.112. The second kappa shape index (κ2) is 3.33. The molecular formula is C11H13NO2. The topological polar surface area (TPSA) is 49.3 Å². The number of phenolic OH excluding ortho intramolecular Hbond substituents is 1. The molecule has 0 saturated carbocycles. The summed E-state index contributed by atoms with van der Waals surface area (Å²) in [7, 11) is 0. The molecule has 0 radical (unpaired) electrons. The Bertz CT molecular complexity index is 374. The second-order valence-corrected chi connectivity index (χ2v) is 3.70. The molecule has 0 spiro atoms. The highest BCUT2D eigenvalue weighted by Gasteiger charge is 2.22. The van der Waals surface area contributed by atoms with Gasteiger partial charge in [0.25, 0.3) is 0 Å². The van der Waals surface area contributed by atoms with Gasteiger partial charge in [-0.1, -0.05) is 12.1 Å². The molecule has 3 nitrogen and oxygen atoms in total. The number of aryl methyl sites for hydroxylation is 1. The Kier molecular flexibility index (Phi) is 2.15. The molecule has 2 N–H and O–H groups in total. The molecular weight excluding hydrogens is 178 g/mol. The number of aromatic hydroxyl groups is 1. The summed E-state index contributed by atoms with van der Waals surface area (Å²) < 4.78 is 0. The number of carbonyl (C=O) groups excluding carboxylic acids is 1. The van der Waals surface area contributed by atoms with Gasteiger partial charge in [-0.15, -0.1) is 0 Å². The summed E-state index contributed by atoms with van der Waals surface area (Å²) in [5.41, 5.74) is 1.93. The van der Waals surface area contributed by atoms with Crippen LogP contribution >= 0.6 is 0 Å². The summed E-state index contributed by atoms with van der Waals surface area (Å²) >= 11 is 0. The highest BCUT2D eigenvalue weighted by molar-refractivity contribution is 5.78. The smallest absolute Gasteiger partial charge is 0.220 e. The first kappa shape index (κ1) is 9.06. The van der Waals surface area contributed by atoms with E-state index in [1.54, 1.807) is 6.07 Å². The highest BCUT2D eigenvalue weighted by Crippen LogP contribution is 2.27. The van der Waals surface area contributed by atoms with Crippen LogP contribution in [0.25, 0.3) is 0 Å². The Balaban J connectivity index is 2.24. The molecule has 0 aromatic heterocycles. The van der Waals surface area contributed by atoms with Crippen LogP contribution in [0.15, 0.2) is 18.2 Å². The van der Waals surface area contributed by atoms with Gasteiger partial charge in [0, 0.05) is 6.42 Å². The van der Waals surface area contributed by atoms with Crippen molar-refractivity contribution in [2.24, 2.45) is 0 Å². The summed E-state index contributed by atoms with van der Waals surface area (Å²) in [6, 6.07) is 5.58. The number of hydrogen-bond donors (Lipinski definition) is 2. The standard InChI is InChI=1S/C11H13NO2/c1-7-6-8(2-4-10(7)13)9-3-5-11(14)12-9/h2,4,6,9,13H,3,5H2,1H3,(H,12,14). The maximum Gasteiger partial charge on any atom is 0.220 e. The predicted octanol–water partition coefficient (Wildman–Crippen LogP) is 1.65. The largest absolute Gasteiger partial charge is 0.508 e. The molecule has 1 fully saturated rings. The minimum absolute atomic E-state index is 0.112. The lowest BCUT2D eigenvalue weighted by Gasteiger charge is -2.11. The maximum atomic E-state index is 11.0. The number of rotatable bonds is 1. The normalized spacial score (nSPS) is 20.9. The van der Waals surface area contributed by atoms with E-state index < -0.39 is 0 Å². The van der Waals surface area contributed by atoms with Crippen LogP contribution in [-0.4, -0.2) is 11.0 Å². The first-order chi connectivity index (χ1) is 6.66. The Morgan fingerprint density at radius 2 is 2.29 bits per heavy atom. The number of phenols is 1. The zero-order valence-electron chi connectivity index (χ0n) is 8.08. The number of benzene rings is 1. The highest BCUT2D eigenvalue weighted by atomic mass is 16.3. The minimum Gasteiger partial charge on any atom is -0.508 e. The second-order valence-electron chi connectivity index (χ2n) is 3.70. The summed E-state index contributed by atoms with van der Waals surface area (Å²) in [5, 5.41) is 12.2. The van der Waals surface area contributed by atoms with Gasteiger partial charge in [0.05, 0.1) is 6.04 Å². The van der Waals surface area contributed by atoms with E-state index in [2.05, 4.69) is 5.32 Å². The predicted molar refractivity (Wildman–Crippen MR) is 53.0 cm³/mol. The van der Waals surface area contributed by atoms with Crippen molar-refractivity contribution in [1.82, 2.24) is 5.32 Å². The molecule has 1 aromatic rings. The SMILES string of the molecule is Cc1cc(C2CCC(=O)N2)ccc1O. The molecule has 2 rings (SSSR count). The van der Waals surface area contributed by atoms with Crippen molar-refractivity contribution in [3.63, 3.8) is 0 Å². The first-order valence-corrected chi connectivity index (χ1v) is 4.75. The third kappa shape index (κ3) is 1.58. The van der Waals surface area contributed by atoms with E-state index in [1.165, 1.54) is 0 Å². The molecule has 1 aromatic carbocycles. The van der Waals surface area contributed by atoms with Gasteiger partial charge in [-0.05, 0) is 30.5 Å². The molecule has 74 valence electrons. The molecule has 3 heteroatoms. The van der Waals surface area contributed by atoms with Crippen LogP contribution in [-0.2, 0) is 4.79 Å². The molecule has 14 heavy (non-hydrogen) atoms.